The number of carbonyl (C=O) groups excluding carboxylic acids is 2. The molecule has 1 saturated carbocycles. The summed E-state index contributed by atoms with van der Waals surface area (Å²) in [6.07, 6.45) is 7.04. The topological polar surface area (TPSA) is 85.6 Å². The molecule has 0 amide bonds. The zero-order chi connectivity index (χ0) is 21.0. The molecule has 1 fully saturated rings. The van der Waals surface area contributed by atoms with Crippen molar-refractivity contribution in [2.75, 3.05) is 13.7 Å². The summed E-state index contributed by atoms with van der Waals surface area (Å²) in [6, 6.07) is 2.19. The Labute approximate surface area is 171 Å². The zero-order valence-corrected chi connectivity index (χ0v) is 17.3. The minimum Gasteiger partial charge on any atom is -0.496 e. The summed E-state index contributed by atoms with van der Waals surface area (Å²) >= 11 is 0. The van der Waals surface area contributed by atoms with Gasteiger partial charge in [0, 0.05) is 11.1 Å². The number of methoxy groups -OCH3 is 1. The predicted molar refractivity (Wildman–Crippen MR) is 107 cm³/mol. The minimum absolute atomic E-state index is 0.167. The lowest BCUT2D eigenvalue weighted by molar-refractivity contribution is -0.144. The van der Waals surface area contributed by atoms with Crippen molar-refractivity contribution in [3.05, 3.63) is 39.5 Å². The van der Waals surface area contributed by atoms with Crippen LogP contribution in [0.5, 0.6) is 5.75 Å². The van der Waals surface area contributed by atoms with E-state index in [1.54, 1.807) is 7.11 Å². The monoisotopic (exact) mass is 397 g/mol. The van der Waals surface area contributed by atoms with Crippen LogP contribution in [0.3, 0.4) is 0 Å². The van der Waals surface area contributed by atoms with Crippen LogP contribution < -0.4 is 4.74 Å². The minimum atomic E-state index is -0.450. The number of nitriles is 1. The van der Waals surface area contributed by atoms with E-state index in [1.807, 2.05) is 13.8 Å². The molecule has 6 heteroatoms. The van der Waals surface area contributed by atoms with Crippen molar-refractivity contribution in [3.63, 3.8) is 0 Å². The normalized spacial score (nSPS) is 19.4. The Balaban J connectivity index is 1.96. The molecule has 1 heterocycles. The first-order chi connectivity index (χ1) is 14.0. The number of ether oxygens (including phenoxy) is 3. The molecule has 2 aliphatic rings. The highest BCUT2D eigenvalue weighted by atomic mass is 16.5. The fourth-order valence-electron chi connectivity index (χ4n) is 4.44. The Kier molecular flexibility index (Phi) is 6.58. The number of benzene rings is 1. The second-order valence-corrected chi connectivity index (χ2v) is 7.49. The van der Waals surface area contributed by atoms with E-state index in [1.165, 1.54) is 5.57 Å². The van der Waals surface area contributed by atoms with Crippen LogP contribution in [0.25, 0.3) is 0 Å². The first-order valence-corrected chi connectivity index (χ1v) is 10.2. The van der Waals surface area contributed by atoms with Gasteiger partial charge in [0.2, 0.25) is 0 Å². The molecule has 1 aliphatic carbocycles. The van der Waals surface area contributed by atoms with Crippen LogP contribution in [0.2, 0.25) is 0 Å². The van der Waals surface area contributed by atoms with Gasteiger partial charge in [0.15, 0.2) is 0 Å². The molecule has 0 saturated heterocycles. The molecule has 0 bridgehead atoms. The molecule has 0 radical (unpaired) electrons. The summed E-state index contributed by atoms with van der Waals surface area (Å²) in [4.78, 5) is 24.2. The van der Waals surface area contributed by atoms with Crippen molar-refractivity contribution in [1.29, 1.82) is 5.26 Å². The lowest BCUT2D eigenvalue weighted by Crippen LogP contribution is -2.17. The van der Waals surface area contributed by atoms with Crippen molar-refractivity contribution in [2.24, 2.45) is 5.92 Å². The maximum absolute atomic E-state index is 12.2. The molecular formula is C23H27NO5. The Hall–Kier alpha value is -2.81. The highest BCUT2D eigenvalue weighted by Gasteiger charge is 2.32. The van der Waals surface area contributed by atoms with E-state index in [4.69, 9.17) is 14.2 Å². The fourth-order valence-corrected chi connectivity index (χ4v) is 4.44. The molecule has 1 atom stereocenters. The summed E-state index contributed by atoms with van der Waals surface area (Å²) in [5.41, 5.74) is 4.20. The van der Waals surface area contributed by atoms with Crippen LogP contribution in [0.1, 0.15) is 71.6 Å². The number of cyclic esters (lactones) is 1. The van der Waals surface area contributed by atoms with Crippen molar-refractivity contribution < 1.29 is 23.8 Å². The zero-order valence-electron chi connectivity index (χ0n) is 17.3. The molecule has 1 aromatic rings. The summed E-state index contributed by atoms with van der Waals surface area (Å²) in [7, 11) is 1.58. The number of hydrogen-bond donors (Lipinski definition) is 0. The molecule has 154 valence electrons. The molecule has 1 aromatic carbocycles. The van der Waals surface area contributed by atoms with Gasteiger partial charge in [0.05, 0.1) is 31.3 Å². The van der Waals surface area contributed by atoms with Crippen LogP contribution >= 0.6 is 0 Å². The fraction of sp³-hybridized carbons (Fsp3) is 0.522. The first-order valence-electron chi connectivity index (χ1n) is 10.2. The summed E-state index contributed by atoms with van der Waals surface area (Å²) in [5.74, 6) is 0.179. The highest BCUT2D eigenvalue weighted by molar-refractivity contribution is 5.97. The van der Waals surface area contributed by atoms with Gasteiger partial charge in [-0.3, -0.25) is 4.79 Å². The Bertz CT molecular complexity index is 894. The number of rotatable bonds is 6. The third-order valence-corrected chi connectivity index (χ3v) is 5.87. The number of allylic oxidation sites excluding steroid dienone is 2. The Morgan fingerprint density at radius 3 is 2.86 bits per heavy atom. The second-order valence-electron chi connectivity index (χ2n) is 7.49. The van der Waals surface area contributed by atoms with Crippen molar-refractivity contribution in [2.45, 2.75) is 59.0 Å². The maximum Gasteiger partial charge on any atom is 0.340 e. The van der Waals surface area contributed by atoms with Gasteiger partial charge in [-0.15, -0.1) is 0 Å². The number of nitrogens with zero attached hydrogens (tertiary/aromatic N) is 1. The van der Waals surface area contributed by atoms with Crippen molar-refractivity contribution >= 4 is 11.9 Å². The third-order valence-electron chi connectivity index (χ3n) is 5.87. The van der Waals surface area contributed by atoms with Gasteiger partial charge >= 0.3 is 11.9 Å². The van der Waals surface area contributed by atoms with E-state index in [0.717, 1.165) is 36.8 Å². The van der Waals surface area contributed by atoms with Gasteiger partial charge in [-0.25, -0.2) is 4.79 Å². The van der Waals surface area contributed by atoms with E-state index in [-0.39, 0.29) is 18.5 Å². The molecule has 1 aliphatic heterocycles. The molecule has 3 rings (SSSR count). The number of carbonyl (C=O) groups is 2. The maximum atomic E-state index is 12.2. The molecule has 29 heavy (non-hydrogen) atoms. The quantitative estimate of drug-likeness (QED) is 0.529. The first kappa shape index (κ1) is 20.9. The SMILES string of the molecule is CCOC(=O)C[C@@H]1CCCC/C1=C\Cc1c(C#N)c2c(c(C)c1OC)COC2=O. The van der Waals surface area contributed by atoms with Crippen LogP contribution in [0.4, 0.5) is 0 Å². The van der Waals surface area contributed by atoms with Gasteiger partial charge in [-0.1, -0.05) is 18.1 Å². The van der Waals surface area contributed by atoms with E-state index in [9.17, 15) is 14.9 Å². The van der Waals surface area contributed by atoms with Crippen LogP contribution in [-0.4, -0.2) is 25.7 Å². The van der Waals surface area contributed by atoms with E-state index < -0.39 is 5.97 Å². The molecular weight excluding hydrogens is 370 g/mol. The summed E-state index contributed by atoms with van der Waals surface area (Å²) < 4.78 is 15.9. The smallest absolute Gasteiger partial charge is 0.340 e. The average Bonchev–Trinajstić information content (AvgIpc) is 3.09. The number of fused-ring (bicyclic) bond motifs is 1. The van der Waals surface area contributed by atoms with E-state index in [2.05, 4.69) is 12.1 Å². The molecule has 0 N–H and O–H groups in total. The summed E-state index contributed by atoms with van der Waals surface area (Å²) in [6.45, 7) is 4.26. The van der Waals surface area contributed by atoms with Gasteiger partial charge in [-0.2, -0.15) is 5.26 Å². The molecule has 0 unspecified atom stereocenters. The lowest BCUT2D eigenvalue weighted by Gasteiger charge is -2.25. The standard InChI is InChI=1S/C23H27NO5/c1-4-28-20(25)11-16-8-6-5-7-15(16)9-10-17-18(12-24)21-19(13-29-23(21)26)14(2)22(17)27-3/h9,16H,4-8,10-11,13H2,1-3H3/b15-9+/t16-/m0/s1. The molecule has 6 nitrogen and oxygen atoms in total. The van der Waals surface area contributed by atoms with Gasteiger partial charge < -0.3 is 14.2 Å². The largest absolute Gasteiger partial charge is 0.496 e. The lowest BCUT2D eigenvalue weighted by atomic mass is 9.81. The van der Waals surface area contributed by atoms with Gasteiger partial charge in [0.25, 0.3) is 0 Å². The van der Waals surface area contributed by atoms with E-state index in [0.29, 0.717) is 41.9 Å². The number of esters is 2. The van der Waals surface area contributed by atoms with Crippen molar-refractivity contribution in [1.82, 2.24) is 0 Å². The summed E-state index contributed by atoms with van der Waals surface area (Å²) in [5, 5.41) is 9.78. The van der Waals surface area contributed by atoms with Crippen molar-refractivity contribution in [3.8, 4) is 11.8 Å². The Morgan fingerprint density at radius 1 is 1.38 bits per heavy atom. The second kappa shape index (κ2) is 9.13. The number of hydrogen-bond acceptors (Lipinski definition) is 6. The van der Waals surface area contributed by atoms with Gasteiger partial charge in [-0.05, 0) is 51.0 Å². The third kappa shape index (κ3) is 4.14. The average molecular weight is 397 g/mol. The van der Waals surface area contributed by atoms with Gasteiger partial charge in [0.1, 0.15) is 18.4 Å². The van der Waals surface area contributed by atoms with Crippen LogP contribution in [-0.2, 0) is 27.3 Å². The predicted octanol–water partition coefficient (Wildman–Crippen LogP) is 4.16. The molecule has 0 spiro atoms. The Morgan fingerprint density at radius 2 is 2.17 bits per heavy atom. The van der Waals surface area contributed by atoms with E-state index >= 15 is 0 Å². The van der Waals surface area contributed by atoms with Crippen LogP contribution in [0, 0.1) is 24.2 Å². The highest BCUT2D eigenvalue weighted by Crippen LogP contribution is 2.39. The van der Waals surface area contributed by atoms with Crippen LogP contribution in [0.15, 0.2) is 11.6 Å². The molecule has 0 aromatic heterocycles.